The minimum Gasteiger partial charge on any atom is -0.493 e. The Morgan fingerprint density at radius 3 is 2.46 bits per heavy atom. The van der Waals surface area contributed by atoms with Crippen LogP contribution in [0.15, 0.2) is 48.5 Å². The minimum absolute atomic E-state index is 0.00888. The first-order valence-corrected chi connectivity index (χ1v) is 8.49. The molecule has 6 heteroatoms. The second kappa shape index (κ2) is 9.75. The summed E-state index contributed by atoms with van der Waals surface area (Å²) in [5.41, 5.74) is 1.85. The van der Waals surface area contributed by atoms with Crippen LogP contribution in [0, 0.1) is 0 Å². The highest BCUT2D eigenvalue weighted by Crippen LogP contribution is 2.29. The summed E-state index contributed by atoms with van der Waals surface area (Å²) in [4.78, 5) is 12.4. The lowest BCUT2D eigenvalue weighted by atomic mass is 9.95. The zero-order valence-corrected chi connectivity index (χ0v) is 14.9. The van der Waals surface area contributed by atoms with Crippen molar-refractivity contribution < 1.29 is 23.0 Å². The van der Waals surface area contributed by atoms with Gasteiger partial charge in [0, 0.05) is 6.54 Å². The molecule has 0 bridgehead atoms. The topological polar surface area (TPSA) is 47.6 Å². The van der Waals surface area contributed by atoms with E-state index in [2.05, 4.69) is 10.1 Å². The van der Waals surface area contributed by atoms with E-state index in [9.17, 15) is 13.6 Å². The van der Waals surface area contributed by atoms with Gasteiger partial charge in [-0.3, -0.25) is 4.79 Å². The number of carbonyl (C=O) groups excluding carboxylic acids is 1. The maximum atomic E-state index is 12.4. The Balaban J connectivity index is 1.93. The van der Waals surface area contributed by atoms with E-state index in [1.807, 2.05) is 37.3 Å². The van der Waals surface area contributed by atoms with Crippen molar-refractivity contribution in [2.45, 2.75) is 32.3 Å². The van der Waals surface area contributed by atoms with Crippen LogP contribution >= 0.6 is 0 Å². The van der Waals surface area contributed by atoms with Gasteiger partial charge in [-0.25, -0.2) is 0 Å². The van der Waals surface area contributed by atoms with E-state index in [0.29, 0.717) is 19.4 Å². The Morgan fingerprint density at radius 1 is 1.12 bits per heavy atom. The van der Waals surface area contributed by atoms with Crippen LogP contribution in [0.1, 0.15) is 30.4 Å². The normalized spacial score (nSPS) is 11.9. The van der Waals surface area contributed by atoms with Gasteiger partial charge in [-0.15, -0.1) is 0 Å². The van der Waals surface area contributed by atoms with Crippen molar-refractivity contribution in [3.63, 3.8) is 0 Å². The number of amides is 1. The summed E-state index contributed by atoms with van der Waals surface area (Å²) in [6.07, 6.45) is 1.27. The number of alkyl halides is 2. The van der Waals surface area contributed by atoms with Gasteiger partial charge in [0.1, 0.15) is 0 Å². The van der Waals surface area contributed by atoms with Gasteiger partial charge in [-0.1, -0.05) is 43.3 Å². The summed E-state index contributed by atoms with van der Waals surface area (Å²) in [6, 6.07) is 14.4. The fourth-order valence-electron chi connectivity index (χ4n) is 2.77. The average Bonchev–Trinajstić information content (AvgIpc) is 2.64. The smallest absolute Gasteiger partial charge is 0.387 e. The van der Waals surface area contributed by atoms with Crippen molar-refractivity contribution in [3.05, 3.63) is 59.7 Å². The highest BCUT2D eigenvalue weighted by Gasteiger charge is 2.18. The van der Waals surface area contributed by atoms with Crippen molar-refractivity contribution in [1.29, 1.82) is 0 Å². The molecule has 0 aromatic heterocycles. The Labute approximate surface area is 152 Å². The third-order valence-electron chi connectivity index (χ3n) is 4.08. The lowest BCUT2D eigenvalue weighted by molar-refractivity contribution is -0.122. The molecule has 1 atom stereocenters. The van der Waals surface area contributed by atoms with Gasteiger partial charge >= 0.3 is 6.61 Å². The van der Waals surface area contributed by atoms with Gasteiger partial charge in [0.25, 0.3) is 0 Å². The monoisotopic (exact) mass is 363 g/mol. The van der Waals surface area contributed by atoms with Gasteiger partial charge in [0.05, 0.1) is 13.0 Å². The largest absolute Gasteiger partial charge is 0.493 e. The van der Waals surface area contributed by atoms with E-state index in [-0.39, 0.29) is 23.3 Å². The molecule has 1 N–H and O–H groups in total. The molecular weight excluding hydrogens is 340 g/mol. The fraction of sp³-hybridized carbons (Fsp3) is 0.350. The first kappa shape index (κ1) is 19.7. The summed E-state index contributed by atoms with van der Waals surface area (Å²) >= 11 is 0. The maximum absolute atomic E-state index is 12.4. The van der Waals surface area contributed by atoms with Crippen LogP contribution in [0.2, 0.25) is 0 Å². The molecule has 0 aliphatic heterocycles. The van der Waals surface area contributed by atoms with Crippen LogP contribution in [-0.4, -0.2) is 26.2 Å². The Morgan fingerprint density at radius 2 is 1.85 bits per heavy atom. The second-order valence-electron chi connectivity index (χ2n) is 5.78. The lowest BCUT2D eigenvalue weighted by Crippen LogP contribution is -2.30. The molecule has 26 heavy (non-hydrogen) atoms. The third-order valence-corrected chi connectivity index (χ3v) is 4.08. The second-order valence-corrected chi connectivity index (χ2v) is 5.78. The quantitative estimate of drug-likeness (QED) is 0.728. The molecular formula is C20H23F2NO3. The van der Waals surface area contributed by atoms with Gasteiger partial charge in [0.15, 0.2) is 11.5 Å². The minimum atomic E-state index is -2.90. The summed E-state index contributed by atoms with van der Waals surface area (Å²) in [6.45, 7) is -0.484. The van der Waals surface area contributed by atoms with Crippen molar-refractivity contribution >= 4 is 5.91 Å². The molecule has 4 nitrogen and oxygen atoms in total. The van der Waals surface area contributed by atoms with Crippen molar-refractivity contribution in [2.24, 2.45) is 0 Å². The number of halogens is 2. The molecule has 2 aromatic carbocycles. The number of methoxy groups -OCH3 is 1. The van der Waals surface area contributed by atoms with Crippen molar-refractivity contribution in [1.82, 2.24) is 5.32 Å². The molecule has 0 spiro atoms. The number of ether oxygens (including phenoxy) is 2. The number of hydrogen-bond acceptors (Lipinski definition) is 3. The van der Waals surface area contributed by atoms with E-state index in [4.69, 9.17) is 4.74 Å². The van der Waals surface area contributed by atoms with Crippen LogP contribution < -0.4 is 14.8 Å². The zero-order valence-electron chi connectivity index (χ0n) is 14.9. The van der Waals surface area contributed by atoms with E-state index < -0.39 is 6.61 Å². The van der Waals surface area contributed by atoms with Crippen molar-refractivity contribution in [2.75, 3.05) is 13.7 Å². The van der Waals surface area contributed by atoms with E-state index in [0.717, 1.165) is 11.1 Å². The molecule has 0 saturated carbocycles. The molecule has 2 rings (SSSR count). The molecule has 0 heterocycles. The molecule has 1 unspecified atom stereocenters. The summed E-state index contributed by atoms with van der Waals surface area (Å²) in [5.74, 6) is 0.0196. The molecule has 0 saturated heterocycles. The number of hydrogen-bond donors (Lipinski definition) is 1. The highest BCUT2D eigenvalue weighted by atomic mass is 19.3. The van der Waals surface area contributed by atoms with Crippen LogP contribution in [-0.2, 0) is 11.2 Å². The third kappa shape index (κ3) is 5.44. The first-order valence-electron chi connectivity index (χ1n) is 8.49. The Bertz CT molecular complexity index is 707. The number of carbonyl (C=O) groups is 1. The Kier molecular flexibility index (Phi) is 7.38. The van der Waals surface area contributed by atoms with Crippen LogP contribution in [0.4, 0.5) is 8.78 Å². The average molecular weight is 363 g/mol. The number of rotatable bonds is 9. The van der Waals surface area contributed by atoms with Gasteiger partial charge in [-0.05, 0) is 36.1 Å². The first-order chi connectivity index (χ1) is 12.5. The molecule has 140 valence electrons. The molecule has 2 aromatic rings. The SMILES string of the molecule is CCC(C(=O)NCCc1ccc(OC(F)F)c(OC)c1)c1ccccc1. The van der Waals surface area contributed by atoms with Crippen LogP contribution in [0.3, 0.4) is 0 Å². The molecule has 0 fully saturated rings. The summed E-state index contributed by atoms with van der Waals surface area (Å²) in [7, 11) is 1.39. The van der Waals surface area contributed by atoms with Gasteiger partial charge < -0.3 is 14.8 Å². The van der Waals surface area contributed by atoms with E-state index in [1.165, 1.54) is 13.2 Å². The van der Waals surface area contributed by atoms with Gasteiger partial charge in [-0.2, -0.15) is 8.78 Å². The van der Waals surface area contributed by atoms with Crippen LogP contribution in [0.5, 0.6) is 11.5 Å². The number of nitrogens with one attached hydrogen (secondary N) is 1. The zero-order chi connectivity index (χ0) is 18.9. The highest BCUT2D eigenvalue weighted by molar-refractivity contribution is 5.83. The standard InChI is InChI=1S/C20H23F2NO3/c1-3-16(15-7-5-4-6-8-15)19(24)23-12-11-14-9-10-17(26-20(21)22)18(13-14)25-2/h4-10,13,16,20H,3,11-12H2,1-2H3,(H,23,24). The van der Waals surface area contributed by atoms with Crippen LogP contribution in [0.25, 0.3) is 0 Å². The Hall–Kier alpha value is -2.63. The lowest BCUT2D eigenvalue weighted by Gasteiger charge is -2.16. The molecule has 0 aliphatic carbocycles. The summed E-state index contributed by atoms with van der Waals surface area (Å²) < 4.78 is 34.2. The maximum Gasteiger partial charge on any atom is 0.387 e. The predicted octanol–water partition coefficient (Wildman–Crippen LogP) is 4.15. The van der Waals surface area contributed by atoms with E-state index >= 15 is 0 Å². The molecule has 0 aliphatic rings. The van der Waals surface area contributed by atoms with Crippen molar-refractivity contribution in [3.8, 4) is 11.5 Å². The van der Waals surface area contributed by atoms with Gasteiger partial charge in [0.2, 0.25) is 5.91 Å². The molecule has 0 radical (unpaired) electrons. The molecule has 1 amide bonds. The fourth-order valence-corrected chi connectivity index (χ4v) is 2.77. The predicted molar refractivity (Wildman–Crippen MR) is 95.8 cm³/mol. The van der Waals surface area contributed by atoms with E-state index in [1.54, 1.807) is 12.1 Å². The number of benzene rings is 2. The summed E-state index contributed by atoms with van der Waals surface area (Å²) in [5, 5.41) is 2.93.